The lowest BCUT2D eigenvalue weighted by Gasteiger charge is -2.07. The first-order valence-electron chi connectivity index (χ1n) is 3.97. The fourth-order valence-electron chi connectivity index (χ4n) is 1.20. The molecular formula is C10H13BrO. The average molecular weight is 229 g/mol. The molecule has 0 saturated carbocycles. The molecule has 66 valence electrons. The van der Waals surface area contributed by atoms with E-state index in [0.29, 0.717) is 0 Å². The Morgan fingerprint density at radius 3 is 2.75 bits per heavy atom. The summed E-state index contributed by atoms with van der Waals surface area (Å²) in [5.74, 6) is 0.986. The summed E-state index contributed by atoms with van der Waals surface area (Å²) in [6.07, 6.45) is 1.02. The topological polar surface area (TPSA) is 9.23 Å². The van der Waals surface area contributed by atoms with Gasteiger partial charge in [0.05, 0.1) is 7.11 Å². The maximum atomic E-state index is 5.23. The summed E-state index contributed by atoms with van der Waals surface area (Å²) < 4.78 is 5.23. The van der Waals surface area contributed by atoms with Crippen molar-refractivity contribution < 1.29 is 4.74 Å². The molecule has 0 N–H and O–H groups in total. The van der Waals surface area contributed by atoms with Crippen molar-refractivity contribution in [2.45, 2.75) is 13.3 Å². The SMILES string of the molecule is COc1ccc(C)cc1CCBr. The molecule has 0 unspecified atom stereocenters. The van der Waals surface area contributed by atoms with Gasteiger partial charge in [0.2, 0.25) is 0 Å². The molecule has 0 aromatic heterocycles. The van der Waals surface area contributed by atoms with E-state index in [1.165, 1.54) is 11.1 Å². The van der Waals surface area contributed by atoms with Crippen molar-refractivity contribution in [2.75, 3.05) is 12.4 Å². The van der Waals surface area contributed by atoms with Gasteiger partial charge in [-0.2, -0.15) is 0 Å². The van der Waals surface area contributed by atoms with Crippen LogP contribution in [0.1, 0.15) is 11.1 Å². The number of ether oxygens (including phenoxy) is 1. The third-order valence-corrected chi connectivity index (χ3v) is 2.20. The molecule has 0 aliphatic carbocycles. The number of benzene rings is 1. The van der Waals surface area contributed by atoms with E-state index in [1.807, 2.05) is 6.07 Å². The predicted octanol–water partition coefficient (Wildman–Crippen LogP) is 2.94. The minimum atomic E-state index is 0.979. The number of alkyl halides is 1. The van der Waals surface area contributed by atoms with Crippen molar-refractivity contribution in [1.29, 1.82) is 0 Å². The van der Waals surface area contributed by atoms with Crippen LogP contribution >= 0.6 is 15.9 Å². The van der Waals surface area contributed by atoms with Crippen LogP contribution in [0.25, 0.3) is 0 Å². The van der Waals surface area contributed by atoms with E-state index in [0.717, 1.165) is 17.5 Å². The molecule has 12 heavy (non-hydrogen) atoms. The molecule has 1 aromatic rings. The van der Waals surface area contributed by atoms with E-state index in [4.69, 9.17) is 4.74 Å². The van der Waals surface area contributed by atoms with Crippen LogP contribution in [0.3, 0.4) is 0 Å². The maximum absolute atomic E-state index is 5.23. The van der Waals surface area contributed by atoms with E-state index >= 15 is 0 Å². The van der Waals surface area contributed by atoms with Gasteiger partial charge in [-0.25, -0.2) is 0 Å². The quantitative estimate of drug-likeness (QED) is 0.724. The second kappa shape index (κ2) is 4.51. The summed E-state index contributed by atoms with van der Waals surface area (Å²) in [5.41, 5.74) is 2.56. The minimum Gasteiger partial charge on any atom is -0.496 e. The molecular weight excluding hydrogens is 216 g/mol. The molecule has 0 bridgehead atoms. The molecule has 1 rings (SSSR count). The zero-order chi connectivity index (χ0) is 8.97. The largest absolute Gasteiger partial charge is 0.496 e. The van der Waals surface area contributed by atoms with E-state index in [-0.39, 0.29) is 0 Å². The molecule has 2 heteroatoms. The second-order valence-corrected chi connectivity index (χ2v) is 3.55. The normalized spacial score (nSPS) is 9.92. The first kappa shape index (κ1) is 9.59. The molecule has 0 heterocycles. The van der Waals surface area contributed by atoms with Crippen LogP contribution in [0.2, 0.25) is 0 Å². The Balaban J connectivity index is 2.95. The third-order valence-electron chi connectivity index (χ3n) is 1.80. The summed E-state index contributed by atoms with van der Waals surface area (Å²) in [7, 11) is 1.71. The van der Waals surface area contributed by atoms with Gasteiger partial charge in [0, 0.05) is 5.33 Å². The average Bonchev–Trinajstić information content (AvgIpc) is 2.05. The lowest BCUT2D eigenvalue weighted by atomic mass is 10.1. The summed E-state index contributed by atoms with van der Waals surface area (Å²) in [6, 6.07) is 6.25. The van der Waals surface area contributed by atoms with Crippen molar-refractivity contribution >= 4 is 15.9 Å². The van der Waals surface area contributed by atoms with Gasteiger partial charge < -0.3 is 4.74 Å². The molecule has 0 aliphatic heterocycles. The number of hydrogen-bond acceptors (Lipinski definition) is 1. The maximum Gasteiger partial charge on any atom is 0.122 e. The highest BCUT2D eigenvalue weighted by atomic mass is 79.9. The van der Waals surface area contributed by atoms with Gasteiger partial charge in [-0.05, 0) is 25.0 Å². The zero-order valence-electron chi connectivity index (χ0n) is 7.43. The number of methoxy groups -OCH3 is 1. The van der Waals surface area contributed by atoms with Gasteiger partial charge in [0.1, 0.15) is 5.75 Å². The van der Waals surface area contributed by atoms with Crippen LogP contribution < -0.4 is 4.74 Å². The van der Waals surface area contributed by atoms with Gasteiger partial charge in [-0.3, -0.25) is 0 Å². The van der Waals surface area contributed by atoms with Crippen molar-refractivity contribution in [1.82, 2.24) is 0 Å². The van der Waals surface area contributed by atoms with E-state index in [9.17, 15) is 0 Å². The molecule has 0 amide bonds. The molecule has 0 spiro atoms. The predicted molar refractivity (Wildman–Crippen MR) is 55.2 cm³/mol. The fraction of sp³-hybridized carbons (Fsp3) is 0.400. The van der Waals surface area contributed by atoms with Crippen LogP contribution in [-0.2, 0) is 6.42 Å². The van der Waals surface area contributed by atoms with Gasteiger partial charge >= 0.3 is 0 Å². The highest BCUT2D eigenvalue weighted by Crippen LogP contribution is 2.20. The summed E-state index contributed by atoms with van der Waals surface area (Å²) >= 11 is 3.42. The lowest BCUT2D eigenvalue weighted by Crippen LogP contribution is -1.93. The molecule has 0 atom stereocenters. The van der Waals surface area contributed by atoms with E-state index in [1.54, 1.807) is 7.11 Å². The van der Waals surface area contributed by atoms with Crippen molar-refractivity contribution in [3.8, 4) is 5.75 Å². The lowest BCUT2D eigenvalue weighted by molar-refractivity contribution is 0.410. The molecule has 1 aromatic carbocycles. The standard InChI is InChI=1S/C10H13BrO/c1-8-3-4-10(12-2)9(7-8)5-6-11/h3-4,7H,5-6H2,1-2H3. The van der Waals surface area contributed by atoms with Crippen LogP contribution in [-0.4, -0.2) is 12.4 Å². The minimum absolute atomic E-state index is 0.979. The summed E-state index contributed by atoms with van der Waals surface area (Å²) in [6.45, 7) is 2.09. The van der Waals surface area contributed by atoms with Crippen LogP contribution in [0.5, 0.6) is 5.75 Å². The van der Waals surface area contributed by atoms with Gasteiger partial charge in [-0.15, -0.1) is 0 Å². The first-order chi connectivity index (χ1) is 5.77. The Hall–Kier alpha value is -0.500. The number of rotatable bonds is 3. The summed E-state index contributed by atoms with van der Waals surface area (Å²) in [5, 5.41) is 0.979. The van der Waals surface area contributed by atoms with Crippen molar-refractivity contribution in [3.63, 3.8) is 0 Å². The highest BCUT2D eigenvalue weighted by Gasteiger charge is 2.00. The van der Waals surface area contributed by atoms with Crippen LogP contribution in [0, 0.1) is 6.92 Å². The van der Waals surface area contributed by atoms with Gasteiger partial charge in [0.15, 0.2) is 0 Å². The summed E-state index contributed by atoms with van der Waals surface area (Å²) in [4.78, 5) is 0. The Labute approximate surface area is 81.9 Å². The zero-order valence-corrected chi connectivity index (χ0v) is 9.02. The van der Waals surface area contributed by atoms with Crippen LogP contribution in [0.4, 0.5) is 0 Å². The molecule has 0 saturated heterocycles. The molecule has 0 fully saturated rings. The second-order valence-electron chi connectivity index (χ2n) is 2.75. The Kier molecular flexibility index (Phi) is 3.60. The van der Waals surface area contributed by atoms with Crippen molar-refractivity contribution in [3.05, 3.63) is 29.3 Å². The first-order valence-corrected chi connectivity index (χ1v) is 5.09. The smallest absolute Gasteiger partial charge is 0.122 e. The van der Waals surface area contributed by atoms with Gasteiger partial charge in [0.25, 0.3) is 0 Å². The van der Waals surface area contributed by atoms with E-state index in [2.05, 4.69) is 35.0 Å². The highest BCUT2D eigenvalue weighted by molar-refractivity contribution is 9.09. The Morgan fingerprint density at radius 2 is 2.17 bits per heavy atom. The number of hydrogen-bond donors (Lipinski definition) is 0. The fourth-order valence-corrected chi connectivity index (χ4v) is 1.63. The van der Waals surface area contributed by atoms with Crippen molar-refractivity contribution in [2.24, 2.45) is 0 Å². The molecule has 1 nitrogen and oxygen atoms in total. The molecule has 0 aliphatic rings. The molecule has 0 radical (unpaired) electrons. The number of halogens is 1. The third kappa shape index (κ3) is 2.24. The van der Waals surface area contributed by atoms with E-state index < -0.39 is 0 Å². The Bertz CT molecular complexity index is 258. The monoisotopic (exact) mass is 228 g/mol. The van der Waals surface area contributed by atoms with Gasteiger partial charge in [-0.1, -0.05) is 33.6 Å². The number of aryl methyl sites for hydroxylation is 2. The Morgan fingerprint density at radius 1 is 1.42 bits per heavy atom. The van der Waals surface area contributed by atoms with Crippen LogP contribution in [0.15, 0.2) is 18.2 Å².